The fourth-order valence-electron chi connectivity index (χ4n) is 4.95. The second kappa shape index (κ2) is 17.0. The van der Waals surface area contributed by atoms with Crippen molar-refractivity contribution >= 4 is 35.6 Å². The number of likely N-dealkylation sites (N-methyl/N-ethyl adjacent to an activating group) is 1. The summed E-state index contributed by atoms with van der Waals surface area (Å²) >= 11 is 0. The van der Waals surface area contributed by atoms with Gasteiger partial charge in [-0.15, -0.1) is 0 Å². The second-order valence-corrected chi connectivity index (χ2v) is 10.1. The van der Waals surface area contributed by atoms with Crippen LogP contribution in [0.25, 0.3) is 0 Å². The number of carboxylic acid groups (broad SMARTS) is 3. The van der Waals surface area contributed by atoms with Gasteiger partial charge in [-0.2, -0.15) is 0 Å². The molecule has 42 heavy (non-hydrogen) atoms. The number of carboxylic acids is 3. The van der Waals surface area contributed by atoms with Gasteiger partial charge in [0.05, 0.1) is 18.2 Å². The molecule has 1 aromatic carbocycles. The second-order valence-electron chi connectivity index (χ2n) is 10.1. The number of hydrogen-bond acceptors (Lipinski definition) is 8. The Morgan fingerprint density at radius 3 is 2.10 bits per heavy atom. The lowest BCUT2D eigenvalue weighted by molar-refractivity contribution is -0.148. The van der Waals surface area contributed by atoms with Crippen LogP contribution in [0.3, 0.4) is 0 Å². The van der Waals surface area contributed by atoms with Gasteiger partial charge in [-0.25, -0.2) is 4.79 Å². The van der Waals surface area contributed by atoms with E-state index in [0.717, 1.165) is 5.56 Å². The van der Waals surface area contributed by atoms with Crippen LogP contribution in [0.5, 0.6) is 0 Å². The normalized spacial score (nSPS) is 18.8. The molecule has 0 spiro atoms. The Morgan fingerprint density at radius 2 is 1.55 bits per heavy atom. The molecule has 1 saturated heterocycles. The molecule has 1 heterocycles. The average molecular weight is 593 g/mol. The first-order valence-corrected chi connectivity index (χ1v) is 13.8. The molecule has 1 aromatic rings. The molecule has 1 aliphatic heterocycles. The lowest BCUT2D eigenvalue weighted by Crippen LogP contribution is -2.60. The summed E-state index contributed by atoms with van der Waals surface area (Å²) in [4.78, 5) is 75.1. The summed E-state index contributed by atoms with van der Waals surface area (Å²) in [5.41, 5.74) is 0.883. The summed E-state index contributed by atoms with van der Waals surface area (Å²) in [6, 6.07) is 5.05. The van der Waals surface area contributed by atoms with Crippen molar-refractivity contribution in [2.24, 2.45) is 0 Å². The molecule has 14 heteroatoms. The first-order valence-electron chi connectivity index (χ1n) is 13.8. The minimum atomic E-state index is -1.44. The molecule has 0 radical (unpaired) electrons. The number of benzene rings is 1. The van der Waals surface area contributed by atoms with Gasteiger partial charge < -0.3 is 40.9 Å². The maximum atomic E-state index is 13.8. The van der Waals surface area contributed by atoms with Crippen LogP contribution >= 0.6 is 0 Å². The molecule has 0 bridgehead atoms. The van der Waals surface area contributed by atoms with Gasteiger partial charge in [0.2, 0.25) is 17.7 Å². The van der Waals surface area contributed by atoms with E-state index >= 15 is 0 Å². The van der Waals surface area contributed by atoms with Gasteiger partial charge in [-0.1, -0.05) is 30.3 Å². The Bertz CT molecular complexity index is 1100. The van der Waals surface area contributed by atoms with Gasteiger partial charge >= 0.3 is 17.9 Å². The standard InChI is InChI=1S/C28H40N4O10/c1-29-20(15-17-7-4-3-5-8-17)26(38)31-18(10-12-24(34)35)27(39)32-14-6-9-22(42-2)21(32)16-23(33)30-19(28(40)41)11-13-25(36)37/h3-5,7-8,18-22,29H,6,9-16H2,1-2H3,(H,30,33)(H,31,38)(H,34,35)(H,36,37)(H,40,41)/t18-,19-,20-,21+,22+/m0/s1. The summed E-state index contributed by atoms with van der Waals surface area (Å²) in [5.74, 6) is -5.55. The fourth-order valence-corrected chi connectivity index (χ4v) is 4.95. The molecular weight excluding hydrogens is 552 g/mol. The summed E-state index contributed by atoms with van der Waals surface area (Å²) in [7, 11) is 3.02. The molecule has 6 N–H and O–H groups in total. The van der Waals surface area contributed by atoms with Crippen LogP contribution in [-0.2, 0) is 39.9 Å². The zero-order valence-electron chi connectivity index (χ0n) is 23.8. The highest BCUT2D eigenvalue weighted by molar-refractivity contribution is 5.91. The van der Waals surface area contributed by atoms with Crippen molar-refractivity contribution in [2.75, 3.05) is 20.7 Å². The number of ether oxygens (including phenoxy) is 1. The largest absolute Gasteiger partial charge is 0.481 e. The van der Waals surface area contributed by atoms with E-state index in [2.05, 4.69) is 16.0 Å². The summed E-state index contributed by atoms with van der Waals surface area (Å²) in [6.45, 7) is 0.205. The maximum absolute atomic E-state index is 13.8. The number of nitrogens with one attached hydrogen (secondary N) is 3. The number of methoxy groups -OCH3 is 1. The Hall–Kier alpha value is -4.04. The van der Waals surface area contributed by atoms with Gasteiger partial charge in [0.1, 0.15) is 12.1 Å². The minimum absolute atomic E-state index is 0.189. The average Bonchev–Trinajstić information content (AvgIpc) is 2.95. The van der Waals surface area contributed by atoms with Gasteiger partial charge in [0.25, 0.3) is 0 Å². The number of carbonyl (C=O) groups excluding carboxylic acids is 3. The van der Waals surface area contributed by atoms with Crippen LogP contribution in [-0.4, -0.2) is 107 Å². The van der Waals surface area contributed by atoms with E-state index in [0.29, 0.717) is 19.3 Å². The molecule has 1 aliphatic rings. The van der Waals surface area contributed by atoms with Crippen molar-refractivity contribution in [3.8, 4) is 0 Å². The monoisotopic (exact) mass is 592 g/mol. The van der Waals surface area contributed by atoms with Gasteiger partial charge in [-0.3, -0.25) is 24.0 Å². The van der Waals surface area contributed by atoms with Gasteiger partial charge in [-0.05, 0) is 44.7 Å². The van der Waals surface area contributed by atoms with E-state index in [9.17, 15) is 39.0 Å². The third-order valence-corrected chi connectivity index (χ3v) is 7.19. The molecule has 3 amide bonds. The Balaban J connectivity index is 2.23. The predicted octanol–water partition coefficient (Wildman–Crippen LogP) is -0.00300. The number of carbonyl (C=O) groups is 6. The molecule has 2 rings (SSSR count). The van der Waals surface area contributed by atoms with Crippen molar-refractivity contribution in [3.05, 3.63) is 35.9 Å². The van der Waals surface area contributed by atoms with E-state index < -0.39 is 78.7 Å². The van der Waals surface area contributed by atoms with E-state index in [1.54, 1.807) is 7.05 Å². The SMILES string of the molecule is CN[C@@H](Cc1ccccc1)C(=O)N[C@@H](CCC(=O)O)C(=O)N1CCC[C@@H](OC)[C@H]1CC(=O)N[C@@H](CCC(=O)O)C(=O)O. The third kappa shape index (κ3) is 10.7. The van der Waals surface area contributed by atoms with E-state index in [1.165, 1.54) is 12.0 Å². The van der Waals surface area contributed by atoms with Crippen LogP contribution in [0.4, 0.5) is 0 Å². The van der Waals surface area contributed by atoms with Crippen molar-refractivity contribution in [3.63, 3.8) is 0 Å². The number of likely N-dealkylation sites (tertiary alicyclic amines) is 1. The smallest absolute Gasteiger partial charge is 0.326 e. The molecule has 0 unspecified atom stereocenters. The van der Waals surface area contributed by atoms with E-state index in [4.69, 9.17) is 9.84 Å². The third-order valence-electron chi connectivity index (χ3n) is 7.19. The number of nitrogens with zero attached hydrogens (tertiary/aromatic N) is 1. The number of hydrogen-bond donors (Lipinski definition) is 6. The molecule has 1 fully saturated rings. The summed E-state index contributed by atoms with van der Waals surface area (Å²) in [5, 5.41) is 35.5. The molecule has 0 aliphatic carbocycles. The number of rotatable bonds is 17. The Labute approximate surface area is 243 Å². The van der Waals surface area contributed by atoms with Crippen molar-refractivity contribution < 1.29 is 48.8 Å². The Kier molecular flexibility index (Phi) is 13.9. The lowest BCUT2D eigenvalue weighted by Gasteiger charge is -2.42. The number of aliphatic carboxylic acids is 3. The molecule has 5 atom stereocenters. The van der Waals surface area contributed by atoms with E-state index in [-0.39, 0.29) is 25.8 Å². The highest BCUT2D eigenvalue weighted by atomic mass is 16.5. The number of amides is 3. The highest BCUT2D eigenvalue weighted by Crippen LogP contribution is 2.24. The zero-order valence-corrected chi connectivity index (χ0v) is 23.8. The summed E-state index contributed by atoms with van der Waals surface area (Å²) < 4.78 is 5.54. The van der Waals surface area contributed by atoms with Gasteiger partial charge in [0.15, 0.2) is 0 Å². The Morgan fingerprint density at radius 1 is 0.929 bits per heavy atom. The first-order chi connectivity index (χ1) is 20.0. The summed E-state index contributed by atoms with van der Waals surface area (Å²) in [6.07, 6.45) is -0.945. The van der Waals surface area contributed by atoms with Crippen LogP contribution in [0.15, 0.2) is 30.3 Å². The molecular formula is C28H40N4O10. The topological polar surface area (TPSA) is 212 Å². The van der Waals surface area contributed by atoms with Crippen LogP contribution in [0, 0.1) is 0 Å². The minimum Gasteiger partial charge on any atom is -0.481 e. The van der Waals surface area contributed by atoms with Crippen LogP contribution in [0.2, 0.25) is 0 Å². The lowest BCUT2D eigenvalue weighted by atomic mass is 9.93. The molecule has 232 valence electrons. The predicted molar refractivity (Wildman–Crippen MR) is 148 cm³/mol. The first kappa shape index (κ1) is 34.2. The van der Waals surface area contributed by atoms with Crippen LogP contribution < -0.4 is 16.0 Å². The fraction of sp³-hybridized carbons (Fsp3) is 0.571. The van der Waals surface area contributed by atoms with Gasteiger partial charge in [0, 0.05) is 32.9 Å². The highest BCUT2D eigenvalue weighted by Gasteiger charge is 2.39. The zero-order chi connectivity index (χ0) is 31.2. The van der Waals surface area contributed by atoms with Crippen molar-refractivity contribution in [1.29, 1.82) is 0 Å². The van der Waals surface area contributed by atoms with E-state index in [1.807, 2.05) is 30.3 Å². The van der Waals surface area contributed by atoms with Crippen molar-refractivity contribution in [1.82, 2.24) is 20.9 Å². The van der Waals surface area contributed by atoms with Crippen LogP contribution in [0.1, 0.15) is 50.5 Å². The van der Waals surface area contributed by atoms with Crippen molar-refractivity contribution in [2.45, 2.75) is 81.6 Å². The molecule has 0 aromatic heterocycles. The number of piperidine rings is 1. The molecule has 14 nitrogen and oxygen atoms in total. The maximum Gasteiger partial charge on any atom is 0.326 e. The molecule has 0 saturated carbocycles. The quantitative estimate of drug-likeness (QED) is 0.142.